The number of benzene rings is 1. The van der Waals surface area contributed by atoms with Crippen LogP contribution in [0.1, 0.15) is 16.1 Å². The summed E-state index contributed by atoms with van der Waals surface area (Å²) in [6.45, 7) is 2.94. The number of rotatable bonds is 3. The van der Waals surface area contributed by atoms with Crippen molar-refractivity contribution >= 4 is 27.5 Å². The van der Waals surface area contributed by atoms with E-state index in [9.17, 15) is 14.0 Å². The number of pyridine rings is 1. The van der Waals surface area contributed by atoms with Crippen molar-refractivity contribution in [1.82, 2.24) is 19.2 Å². The quantitative estimate of drug-likeness (QED) is 0.622. The van der Waals surface area contributed by atoms with Gasteiger partial charge in [-0.1, -0.05) is 6.07 Å². The van der Waals surface area contributed by atoms with Gasteiger partial charge in [0.1, 0.15) is 11.5 Å². The molecule has 0 N–H and O–H groups in total. The summed E-state index contributed by atoms with van der Waals surface area (Å²) in [7, 11) is 0. The lowest BCUT2D eigenvalue weighted by molar-refractivity contribution is 0.0625. The summed E-state index contributed by atoms with van der Waals surface area (Å²) in [6.07, 6.45) is 1.70. The van der Waals surface area contributed by atoms with Gasteiger partial charge in [-0.15, -0.1) is 0 Å². The van der Waals surface area contributed by atoms with Gasteiger partial charge in [-0.3, -0.25) is 18.9 Å². The third-order valence-corrected chi connectivity index (χ3v) is 5.52. The predicted octanol–water partition coefficient (Wildman–Crippen LogP) is 2.55. The van der Waals surface area contributed by atoms with Crippen LogP contribution < -0.4 is 5.56 Å². The minimum Gasteiger partial charge on any atom is -0.336 e. The fourth-order valence-electron chi connectivity index (χ4n) is 3.35. The second-order valence-electron chi connectivity index (χ2n) is 6.71. The molecule has 0 bridgehead atoms. The summed E-state index contributed by atoms with van der Waals surface area (Å²) in [5, 5.41) is 0. The molecule has 0 spiro atoms. The average molecular weight is 445 g/mol. The van der Waals surface area contributed by atoms with Gasteiger partial charge in [0.05, 0.1) is 11.3 Å². The molecule has 1 aromatic carbocycles. The minimum atomic E-state index is -0.432. The molecule has 0 unspecified atom stereocenters. The van der Waals surface area contributed by atoms with Crippen LogP contribution in [0.5, 0.6) is 0 Å². The van der Waals surface area contributed by atoms with Crippen LogP contribution in [0, 0.1) is 5.82 Å². The molecule has 1 fully saturated rings. The predicted molar refractivity (Wildman–Crippen MR) is 107 cm³/mol. The molecule has 0 radical (unpaired) electrons. The Kier molecular flexibility index (Phi) is 5.23. The topological polar surface area (TPSA) is 57.9 Å². The number of fused-ring (bicyclic) bond motifs is 1. The second kappa shape index (κ2) is 7.81. The van der Waals surface area contributed by atoms with Gasteiger partial charge < -0.3 is 4.90 Å². The summed E-state index contributed by atoms with van der Waals surface area (Å²) >= 11 is 3.32. The molecule has 4 rings (SSSR count). The lowest BCUT2D eigenvalue weighted by atomic mass is 10.1. The van der Waals surface area contributed by atoms with E-state index >= 15 is 0 Å². The fraction of sp³-hybridized carbons (Fsp3) is 0.250. The SMILES string of the molecule is O=C(c1cc(F)ccc1Br)N1CCN(Cc2cc(=O)n3ccccc3n2)CC1. The smallest absolute Gasteiger partial charge is 0.258 e. The monoisotopic (exact) mass is 444 g/mol. The van der Waals surface area contributed by atoms with Crippen LogP contribution in [-0.2, 0) is 6.54 Å². The van der Waals surface area contributed by atoms with E-state index in [1.807, 2.05) is 6.07 Å². The van der Waals surface area contributed by atoms with Crippen molar-refractivity contribution in [2.24, 2.45) is 0 Å². The first-order valence-corrected chi connectivity index (χ1v) is 9.74. The highest BCUT2D eigenvalue weighted by Crippen LogP contribution is 2.20. The molecule has 2 aromatic heterocycles. The molecule has 0 atom stereocenters. The highest BCUT2D eigenvalue weighted by molar-refractivity contribution is 9.10. The lowest BCUT2D eigenvalue weighted by Gasteiger charge is -2.34. The molecule has 0 saturated carbocycles. The van der Waals surface area contributed by atoms with Crippen molar-refractivity contribution in [2.75, 3.05) is 26.2 Å². The van der Waals surface area contributed by atoms with Crippen LogP contribution in [-0.4, -0.2) is 51.3 Å². The number of carbonyl (C=O) groups excluding carboxylic acids is 1. The van der Waals surface area contributed by atoms with E-state index in [-0.39, 0.29) is 11.5 Å². The normalized spacial score (nSPS) is 15.1. The fourth-order valence-corrected chi connectivity index (χ4v) is 3.77. The maximum atomic E-state index is 13.5. The summed E-state index contributed by atoms with van der Waals surface area (Å²) in [6, 6.07) is 11.1. The molecule has 1 aliphatic rings. The molecule has 1 saturated heterocycles. The molecular weight excluding hydrogens is 427 g/mol. The van der Waals surface area contributed by atoms with Crippen LogP contribution in [0.25, 0.3) is 5.65 Å². The highest BCUT2D eigenvalue weighted by atomic mass is 79.9. The van der Waals surface area contributed by atoms with Crippen molar-refractivity contribution in [3.05, 3.63) is 80.6 Å². The van der Waals surface area contributed by atoms with Gasteiger partial charge in [0, 0.05) is 49.5 Å². The third-order valence-electron chi connectivity index (χ3n) is 4.83. The number of carbonyl (C=O) groups is 1. The second-order valence-corrected chi connectivity index (χ2v) is 7.56. The van der Waals surface area contributed by atoms with Gasteiger partial charge in [-0.05, 0) is 46.3 Å². The number of halogens is 2. The lowest BCUT2D eigenvalue weighted by Crippen LogP contribution is -2.48. The van der Waals surface area contributed by atoms with Gasteiger partial charge in [0.2, 0.25) is 0 Å². The Balaban J connectivity index is 1.42. The molecular formula is C20H18BrFN4O2. The Bertz CT molecular complexity index is 1090. The Morgan fingerprint density at radius 3 is 2.68 bits per heavy atom. The number of piperazine rings is 1. The van der Waals surface area contributed by atoms with Crippen LogP contribution in [0.4, 0.5) is 4.39 Å². The van der Waals surface area contributed by atoms with Crippen molar-refractivity contribution in [3.8, 4) is 0 Å². The van der Waals surface area contributed by atoms with Gasteiger partial charge in [-0.25, -0.2) is 9.37 Å². The van der Waals surface area contributed by atoms with E-state index in [4.69, 9.17) is 0 Å². The highest BCUT2D eigenvalue weighted by Gasteiger charge is 2.24. The number of amides is 1. The zero-order valence-electron chi connectivity index (χ0n) is 15.0. The van der Waals surface area contributed by atoms with Crippen LogP contribution in [0.15, 0.2) is 57.9 Å². The molecule has 0 aliphatic carbocycles. The largest absolute Gasteiger partial charge is 0.336 e. The molecule has 6 nitrogen and oxygen atoms in total. The Hall–Kier alpha value is -2.58. The Labute approximate surface area is 169 Å². The molecule has 3 aromatic rings. The molecule has 3 heterocycles. The molecule has 144 valence electrons. The first-order chi connectivity index (χ1) is 13.5. The summed E-state index contributed by atoms with van der Waals surface area (Å²) in [5.41, 5.74) is 1.56. The average Bonchev–Trinajstić information content (AvgIpc) is 2.70. The molecule has 8 heteroatoms. The summed E-state index contributed by atoms with van der Waals surface area (Å²) < 4.78 is 15.6. The summed E-state index contributed by atoms with van der Waals surface area (Å²) in [5.74, 6) is -0.619. The van der Waals surface area contributed by atoms with Crippen LogP contribution in [0.2, 0.25) is 0 Å². The van der Waals surface area contributed by atoms with E-state index < -0.39 is 5.82 Å². The minimum absolute atomic E-state index is 0.106. The van der Waals surface area contributed by atoms with E-state index in [1.165, 1.54) is 16.5 Å². The zero-order valence-corrected chi connectivity index (χ0v) is 16.6. The third kappa shape index (κ3) is 3.83. The van der Waals surface area contributed by atoms with Gasteiger partial charge in [0.15, 0.2) is 0 Å². The number of hydrogen-bond donors (Lipinski definition) is 0. The van der Waals surface area contributed by atoms with Gasteiger partial charge >= 0.3 is 0 Å². The maximum absolute atomic E-state index is 13.5. The van der Waals surface area contributed by atoms with Crippen LogP contribution in [0.3, 0.4) is 0 Å². The number of hydrogen-bond acceptors (Lipinski definition) is 4. The van der Waals surface area contributed by atoms with Crippen molar-refractivity contribution in [1.29, 1.82) is 0 Å². The Morgan fingerprint density at radius 2 is 1.89 bits per heavy atom. The molecule has 1 aliphatic heterocycles. The summed E-state index contributed by atoms with van der Waals surface area (Å²) in [4.78, 5) is 33.3. The van der Waals surface area contributed by atoms with Crippen LogP contribution >= 0.6 is 15.9 Å². The van der Waals surface area contributed by atoms with Gasteiger partial charge in [0.25, 0.3) is 11.5 Å². The van der Waals surface area contributed by atoms with Crippen molar-refractivity contribution < 1.29 is 9.18 Å². The number of nitrogens with zero attached hydrogens (tertiary/aromatic N) is 4. The van der Waals surface area contributed by atoms with E-state index in [0.29, 0.717) is 54.1 Å². The van der Waals surface area contributed by atoms with E-state index in [0.717, 1.165) is 0 Å². The number of aromatic nitrogens is 2. The van der Waals surface area contributed by atoms with Gasteiger partial charge in [-0.2, -0.15) is 0 Å². The zero-order chi connectivity index (χ0) is 19.7. The first kappa shape index (κ1) is 18.8. The maximum Gasteiger partial charge on any atom is 0.258 e. The van der Waals surface area contributed by atoms with Crippen molar-refractivity contribution in [3.63, 3.8) is 0 Å². The Morgan fingerprint density at radius 1 is 1.11 bits per heavy atom. The van der Waals surface area contributed by atoms with E-state index in [2.05, 4.69) is 25.8 Å². The first-order valence-electron chi connectivity index (χ1n) is 8.95. The van der Waals surface area contributed by atoms with Crippen molar-refractivity contribution in [2.45, 2.75) is 6.54 Å². The molecule has 1 amide bonds. The molecule has 28 heavy (non-hydrogen) atoms. The standard InChI is InChI=1S/C20H18BrFN4O2/c21-17-5-4-14(22)11-16(17)20(28)25-9-7-24(8-10-25)13-15-12-19(27)26-6-2-1-3-18(26)23-15/h1-6,11-12H,7-10,13H2. The van der Waals surface area contributed by atoms with E-state index in [1.54, 1.807) is 35.4 Å².